The van der Waals surface area contributed by atoms with Gasteiger partial charge in [0, 0.05) is 32.6 Å². The van der Waals surface area contributed by atoms with Crippen molar-refractivity contribution in [1.29, 1.82) is 0 Å². The van der Waals surface area contributed by atoms with Gasteiger partial charge >= 0.3 is 6.09 Å². The number of piperazine rings is 1. The molecule has 0 aliphatic carbocycles. The lowest BCUT2D eigenvalue weighted by Gasteiger charge is -2.35. The number of hydrogen-bond acceptors (Lipinski definition) is 3. The number of nitrogens with zero attached hydrogens (tertiary/aromatic N) is 2. The topological polar surface area (TPSA) is 49.9 Å². The van der Waals surface area contributed by atoms with Gasteiger partial charge in [0.1, 0.15) is 5.60 Å². The predicted octanol–water partition coefficient (Wildman–Crippen LogP) is 6.94. The smallest absolute Gasteiger partial charge is 0.410 e. The number of amides is 2. The van der Waals surface area contributed by atoms with Crippen molar-refractivity contribution >= 4 is 12.0 Å². The first-order valence-electron chi connectivity index (χ1n) is 13.1. The van der Waals surface area contributed by atoms with Crippen molar-refractivity contribution in [2.75, 3.05) is 26.2 Å². The van der Waals surface area contributed by atoms with Crippen LogP contribution in [0.4, 0.5) is 4.79 Å². The highest BCUT2D eigenvalue weighted by atomic mass is 16.6. The van der Waals surface area contributed by atoms with Crippen LogP contribution in [0, 0.1) is 0 Å². The summed E-state index contributed by atoms with van der Waals surface area (Å²) in [5.74, 6) is 0.239. The molecule has 0 aromatic rings. The fourth-order valence-electron chi connectivity index (χ4n) is 4.09. The molecule has 0 bridgehead atoms. The molecule has 1 heterocycles. The van der Waals surface area contributed by atoms with E-state index < -0.39 is 5.60 Å². The maximum absolute atomic E-state index is 12.4. The van der Waals surface area contributed by atoms with Gasteiger partial charge in [-0.05, 0) is 27.2 Å². The lowest BCUT2D eigenvalue weighted by atomic mass is 10.0. The van der Waals surface area contributed by atoms with Crippen molar-refractivity contribution < 1.29 is 14.3 Å². The van der Waals surface area contributed by atoms with Gasteiger partial charge in [-0.2, -0.15) is 0 Å². The summed E-state index contributed by atoms with van der Waals surface area (Å²) in [5.41, 5.74) is -0.474. The average Bonchev–Trinajstić information content (AvgIpc) is 2.72. The standard InChI is InChI=1S/C26H50N2O3/c1-5-6-7-8-9-10-11-12-13-14-15-16-17-18-19-24(29)27-20-22-28(23-21-27)25(30)31-26(2,3)4/h5-23H2,1-4H3. The summed E-state index contributed by atoms with van der Waals surface area (Å²) in [5, 5.41) is 0. The molecule has 0 N–H and O–H groups in total. The van der Waals surface area contributed by atoms with E-state index in [2.05, 4.69) is 6.92 Å². The van der Waals surface area contributed by atoms with E-state index in [9.17, 15) is 9.59 Å². The van der Waals surface area contributed by atoms with Gasteiger partial charge in [0.2, 0.25) is 5.91 Å². The van der Waals surface area contributed by atoms with Crippen molar-refractivity contribution in [1.82, 2.24) is 9.80 Å². The normalized spacial score (nSPS) is 14.7. The molecule has 1 rings (SSSR count). The van der Waals surface area contributed by atoms with E-state index in [4.69, 9.17) is 4.74 Å². The van der Waals surface area contributed by atoms with E-state index in [1.54, 1.807) is 4.90 Å². The molecule has 1 fully saturated rings. The second kappa shape index (κ2) is 16.4. The third-order valence-corrected chi connectivity index (χ3v) is 6.03. The fourth-order valence-corrected chi connectivity index (χ4v) is 4.09. The summed E-state index contributed by atoms with van der Waals surface area (Å²) in [6, 6.07) is 0. The van der Waals surface area contributed by atoms with E-state index in [-0.39, 0.29) is 12.0 Å². The quantitative estimate of drug-likeness (QED) is 0.260. The summed E-state index contributed by atoms with van der Waals surface area (Å²) in [4.78, 5) is 28.1. The molecule has 1 aliphatic heterocycles. The van der Waals surface area contributed by atoms with Gasteiger partial charge in [0.15, 0.2) is 0 Å². The molecule has 0 unspecified atom stereocenters. The van der Waals surface area contributed by atoms with Gasteiger partial charge in [-0.1, -0.05) is 90.4 Å². The van der Waals surface area contributed by atoms with Gasteiger partial charge in [-0.25, -0.2) is 4.79 Å². The minimum atomic E-state index is -0.474. The first-order valence-corrected chi connectivity index (χ1v) is 13.1. The van der Waals surface area contributed by atoms with E-state index >= 15 is 0 Å². The molecule has 5 nitrogen and oxygen atoms in total. The molecule has 0 atom stereocenters. The Labute approximate surface area is 192 Å². The Morgan fingerprint density at radius 1 is 0.645 bits per heavy atom. The van der Waals surface area contributed by atoms with Crippen LogP contribution in [0.5, 0.6) is 0 Å². The summed E-state index contributed by atoms with van der Waals surface area (Å²) >= 11 is 0. The SMILES string of the molecule is CCCCCCCCCCCCCCCCC(=O)N1CCN(C(=O)OC(C)(C)C)CC1. The predicted molar refractivity (Wildman–Crippen MR) is 129 cm³/mol. The van der Waals surface area contributed by atoms with Crippen LogP contribution in [-0.4, -0.2) is 53.6 Å². The highest BCUT2D eigenvalue weighted by molar-refractivity contribution is 5.76. The number of hydrogen-bond donors (Lipinski definition) is 0. The summed E-state index contributed by atoms with van der Waals surface area (Å²) in [7, 11) is 0. The van der Waals surface area contributed by atoms with Gasteiger partial charge in [0.25, 0.3) is 0 Å². The number of carbonyl (C=O) groups is 2. The van der Waals surface area contributed by atoms with E-state index in [0.29, 0.717) is 32.6 Å². The average molecular weight is 439 g/mol. The number of rotatable bonds is 15. The Bertz CT molecular complexity index is 480. The molecule has 0 spiro atoms. The fraction of sp³-hybridized carbons (Fsp3) is 0.923. The van der Waals surface area contributed by atoms with Crippen molar-refractivity contribution in [3.05, 3.63) is 0 Å². The van der Waals surface area contributed by atoms with Crippen LogP contribution < -0.4 is 0 Å². The van der Waals surface area contributed by atoms with Crippen LogP contribution in [0.1, 0.15) is 124 Å². The second-order valence-corrected chi connectivity index (χ2v) is 10.2. The molecule has 2 amide bonds. The molecule has 0 radical (unpaired) electrons. The number of ether oxygens (including phenoxy) is 1. The molecule has 0 aromatic heterocycles. The first kappa shape index (κ1) is 27.8. The van der Waals surface area contributed by atoms with Gasteiger partial charge in [-0.3, -0.25) is 4.79 Å². The van der Waals surface area contributed by atoms with E-state index in [1.807, 2.05) is 25.7 Å². The first-order chi connectivity index (χ1) is 14.8. The molecule has 182 valence electrons. The van der Waals surface area contributed by atoms with Crippen LogP contribution in [-0.2, 0) is 9.53 Å². The molecule has 0 saturated carbocycles. The molecule has 31 heavy (non-hydrogen) atoms. The molecule has 0 aromatic carbocycles. The molecule has 1 saturated heterocycles. The Morgan fingerprint density at radius 2 is 1.03 bits per heavy atom. The van der Waals surface area contributed by atoms with Crippen LogP contribution in [0.2, 0.25) is 0 Å². The maximum atomic E-state index is 12.4. The van der Waals surface area contributed by atoms with Crippen LogP contribution >= 0.6 is 0 Å². The van der Waals surface area contributed by atoms with E-state index in [0.717, 1.165) is 12.8 Å². The second-order valence-electron chi connectivity index (χ2n) is 10.2. The lowest BCUT2D eigenvalue weighted by Crippen LogP contribution is -2.51. The van der Waals surface area contributed by atoms with Gasteiger partial charge < -0.3 is 14.5 Å². The molecular weight excluding hydrogens is 388 g/mol. The largest absolute Gasteiger partial charge is 0.444 e. The Balaban J connectivity index is 1.94. The highest BCUT2D eigenvalue weighted by Gasteiger charge is 2.27. The number of carbonyl (C=O) groups excluding carboxylic acids is 2. The van der Waals surface area contributed by atoms with Gasteiger partial charge in [-0.15, -0.1) is 0 Å². The monoisotopic (exact) mass is 438 g/mol. The Hall–Kier alpha value is -1.26. The molecule has 1 aliphatic rings. The zero-order valence-corrected chi connectivity index (χ0v) is 21.1. The van der Waals surface area contributed by atoms with Crippen LogP contribution in [0.3, 0.4) is 0 Å². The van der Waals surface area contributed by atoms with Crippen LogP contribution in [0.25, 0.3) is 0 Å². The molecule has 5 heteroatoms. The third-order valence-electron chi connectivity index (χ3n) is 6.03. The number of unbranched alkanes of at least 4 members (excludes halogenated alkanes) is 13. The minimum Gasteiger partial charge on any atom is -0.444 e. The van der Waals surface area contributed by atoms with Crippen molar-refractivity contribution in [2.24, 2.45) is 0 Å². The minimum absolute atomic E-state index is 0.239. The summed E-state index contributed by atoms with van der Waals surface area (Å²) in [6.45, 7) is 10.3. The third kappa shape index (κ3) is 14.4. The zero-order valence-electron chi connectivity index (χ0n) is 21.1. The summed E-state index contributed by atoms with van der Waals surface area (Å²) in [6.07, 6.45) is 19.0. The zero-order chi connectivity index (χ0) is 23.0. The summed E-state index contributed by atoms with van der Waals surface area (Å²) < 4.78 is 5.41. The van der Waals surface area contributed by atoms with Crippen molar-refractivity contribution in [3.8, 4) is 0 Å². The molecular formula is C26H50N2O3. The van der Waals surface area contributed by atoms with Crippen LogP contribution in [0.15, 0.2) is 0 Å². The maximum Gasteiger partial charge on any atom is 0.410 e. The lowest BCUT2D eigenvalue weighted by molar-refractivity contribution is -0.133. The Morgan fingerprint density at radius 3 is 1.45 bits per heavy atom. The van der Waals surface area contributed by atoms with Gasteiger partial charge in [0.05, 0.1) is 0 Å². The van der Waals surface area contributed by atoms with Crippen molar-refractivity contribution in [2.45, 2.75) is 130 Å². The van der Waals surface area contributed by atoms with Crippen molar-refractivity contribution in [3.63, 3.8) is 0 Å². The van der Waals surface area contributed by atoms with E-state index in [1.165, 1.54) is 77.0 Å². The Kier molecular flexibility index (Phi) is 14.7. The highest BCUT2D eigenvalue weighted by Crippen LogP contribution is 2.15.